The molecule has 0 aliphatic heterocycles. The van der Waals surface area contributed by atoms with Crippen molar-refractivity contribution in [2.45, 2.75) is 32.9 Å². The maximum atomic E-state index is 12.6. The number of hydrogen-bond donors (Lipinski definition) is 4. The Morgan fingerprint density at radius 3 is 2.73 bits per heavy atom. The van der Waals surface area contributed by atoms with E-state index < -0.39 is 0 Å². The second-order valence-electron chi connectivity index (χ2n) is 6.57. The summed E-state index contributed by atoms with van der Waals surface area (Å²) in [6, 6.07) is 9.48. The molecule has 136 valence electrons. The minimum absolute atomic E-state index is 0.00775. The van der Waals surface area contributed by atoms with E-state index in [1.165, 1.54) is 11.8 Å². The molecule has 1 aromatic carbocycles. The highest BCUT2D eigenvalue weighted by Crippen LogP contribution is 2.31. The molecule has 2 aromatic rings. The number of anilines is 2. The molecule has 0 saturated heterocycles. The van der Waals surface area contributed by atoms with Crippen molar-refractivity contribution in [3.05, 3.63) is 68.8 Å². The number of nitrogens with one attached hydrogen (secondary N) is 3. The van der Waals surface area contributed by atoms with Crippen LogP contribution in [0, 0.1) is 12.3 Å². The zero-order valence-corrected chi connectivity index (χ0v) is 15.2. The van der Waals surface area contributed by atoms with E-state index in [4.69, 9.17) is 11.1 Å². The van der Waals surface area contributed by atoms with Crippen LogP contribution in [0.4, 0.5) is 11.4 Å². The quantitative estimate of drug-likeness (QED) is 0.455. The molecule has 1 saturated carbocycles. The molecule has 1 heterocycles. The minimum atomic E-state index is -0.00775. The van der Waals surface area contributed by atoms with Gasteiger partial charge >= 0.3 is 0 Å². The number of aryl methyl sites for hydroxylation is 1. The highest BCUT2D eigenvalue weighted by molar-refractivity contribution is 5.85. The van der Waals surface area contributed by atoms with Gasteiger partial charge in [0.2, 0.25) is 0 Å². The van der Waals surface area contributed by atoms with Gasteiger partial charge in [-0.25, -0.2) is 0 Å². The van der Waals surface area contributed by atoms with E-state index in [9.17, 15) is 4.79 Å². The lowest BCUT2D eigenvalue weighted by Gasteiger charge is -2.16. The average Bonchev–Trinajstić information content (AvgIpc) is 3.47. The third kappa shape index (κ3) is 3.79. The second kappa shape index (κ2) is 7.47. The topological polar surface area (TPSA) is 95.9 Å². The summed E-state index contributed by atoms with van der Waals surface area (Å²) in [7, 11) is 1.76. The predicted molar refractivity (Wildman–Crippen MR) is 107 cm³/mol. The van der Waals surface area contributed by atoms with Gasteiger partial charge in [-0.1, -0.05) is 6.07 Å². The Hall–Kier alpha value is -3.02. The first-order valence-electron chi connectivity index (χ1n) is 8.75. The van der Waals surface area contributed by atoms with E-state index >= 15 is 0 Å². The molecule has 0 bridgehead atoms. The van der Waals surface area contributed by atoms with Crippen LogP contribution in [0.1, 0.15) is 29.7 Å². The van der Waals surface area contributed by atoms with E-state index in [2.05, 4.69) is 10.6 Å². The van der Waals surface area contributed by atoms with Crippen LogP contribution in [-0.4, -0.2) is 17.8 Å². The third-order valence-corrected chi connectivity index (χ3v) is 4.72. The molecule has 1 aliphatic carbocycles. The zero-order chi connectivity index (χ0) is 18.7. The fourth-order valence-corrected chi connectivity index (χ4v) is 2.94. The van der Waals surface area contributed by atoms with Crippen LogP contribution >= 0.6 is 0 Å². The first kappa shape index (κ1) is 17.8. The standard InChI is InChI=1S/C20H25N5O/c1-13-3-8-18(23-2)20(26)25(13)12-19(15-5-6-15)24-11-14-4-7-17(22)16(9-14)10-21/h3-4,7-10,21,23-24H,5-6,11-12,22H2,1-2H3. The summed E-state index contributed by atoms with van der Waals surface area (Å²) in [6.45, 7) is 3.13. The molecular formula is C20H25N5O. The number of benzene rings is 1. The first-order valence-corrected chi connectivity index (χ1v) is 8.75. The van der Waals surface area contributed by atoms with Gasteiger partial charge < -0.3 is 26.3 Å². The van der Waals surface area contributed by atoms with Crippen LogP contribution in [0.5, 0.6) is 0 Å². The molecule has 26 heavy (non-hydrogen) atoms. The molecule has 6 heteroatoms. The summed E-state index contributed by atoms with van der Waals surface area (Å²) in [6.07, 6.45) is 3.43. The van der Waals surface area contributed by atoms with Crippen molar-refractivity contribution >= 4 is 17.6 Å². The number of nitrogens with two attached hydrogens (primary N) is 1. The number of pyridine rings is 1. The lowest BCUT2D eigenvalue weighted by Crippen LogP contribution is -2.28. The number of allylic oxidation sites excluding steroid dienone is 2. The smallest absolute Gasteiger partial charge is 0.274 e. The van der Waals surface area contributed by atoms with Crippen molar-refractivity contribution in [3.8, 4) is 0 Å². The Bertz CT molecular complexity index is 920. The SMILES string of the molecule is CNc1ccc(C)n(CC(NCc2ccc(N)c(C=N)c2)=C2CC2)c1=O. The van der Waals surface area contributed by atoms with Gasteiger partial charge in [-0.3, -0.25) is 4.79 Å². The number of nitrogen functional groups attached to an aromatic ring is 1. The molecule has 5 N–H and O–H groups in total. The monoisotopic (exact) mass is 351 g/mol. The molecule has 0 radical (unpaired) electrons. The number of hydrogen-bond acceptors (Lipinski definition) is 5. The second-order valence-corrected chi connectivity index (χ2v) is 6.57. The summed E-state index contributed by atoms with van der Waals surface area (Å²) >= 11 is 0. The Morgan fingerprint density at radius 1 is 1.31 bits per heavy atom. The normalized spacial score (nSPS) is 12.6. The summed E-state index contributed by atoms with van der Waals surface area (Å²) in [4.78, 5) is 12.6. The molecule has 0 unspecified atom stereocenters. The van der Waals surface area contributed by atoms with Gasteiger partial charge in [-0.15, -0.1) is 0 Å². The molecule has 0 amide bonds. The van der Waals surface area contributed by atoms with Gasteiger partial charge in [-0.05, 0) is 55.2 Å². The van der Waals surface area contributed by atoms with Crippen LogP contribution in [0.2, 0.25) is 0 Å². The molecule has 0 atom stereocenters. The maximum Gasteiger partial charge on any atom is 0.274 e. The van der Waals surface area contributed by atoms with Crippen molar-refractivity contribution in [1.29, 1.82) is 5.41 Å². The number of nitrogens with zero attached hydrogens (tertiary/aromatic N) is 1. The summed E-state index contributed by atoms with van der Waals surface area (Å²) < 4.78 is 1.80. The van der Waals surface area contributed by atoms with Gasteiger partial charge in [0, 0.05) is 42.4 Å². The minimum Gasteiger partial charge on any atom is -0.398 e. The van der Waals surface area contributed by atoms with Crippen LogP contribution in [0.15, 0.2) is 46.4 Å². The number of aromatic nitrogens is 1. The van der Waals surface area contributed by atoms with E-state index in [-0.39, 0.29) is 5.56 Å². The van der Waals surface area contributed by atoms with Gasteiger partial charge in [0.1, 0.15) is 5.69 Å². The van der Waals surface area contributed by atoms with E-state index in [0.29, 0.717) is 24.5 Å². The van der Waals surface area contributed by atoms with Crippen molar-refractivity contribution < 1.29 is 0 Å². The summed E-state index contributed by atoms with van der Waals surface area (Å²) in [5.41, 5.74) is 12.2. The summed E-state index contributed by atoms with van der Waals surface area (Å²) in [5, 5.41) is 13.9. The third-order valence-electron chi connectivity index (χ3n) is 4.72. The first-order chi connectivity index (χ1) is 12.5. The Balaban J connectivity index is 1.80. The van der Waals surface area contributed by atoms with Crippen LogP contribution in [-0.2, 0) is 13.1 Å². The Kier molecular flexibility index (Phi) is 5.11. The maximum absolute atomic E-state index is 12.6. The average molecular weight is 351 g/mol. The fraction of sp³-hybridized carbons (Fsp3) is 0.300. The Labute approximate surface area is 153 Å². The lowest BCUT2D eigenvalue weighted by atomic mass is 10.1. The van der Waals surface area contributed by atoms with E-state index in [0.717, 1.165) is 35.4 Å². The van der Waals surface area contributed by atoms with Gasteiger partial charge in [0.15, 0.2) is 0 Å². The molecule has 3 rings (SSSR count). The van der Waals surface area contributed by atoms with Crippen molar-refractivity contribution in [2.24, 2.45) is 0 Å². The van der Waals surface area contributed by atoms with Gasteiger partial charge in [0.25, 0.3) is 5.56 Å². The summed E-state index contributed by atoms with van der Waals surface area (Å²) in [5.74, 6) is 0. The predicted octanol–water partition coefficient (Wildman–Crippen LogP) is 2.62. The largest absolute Gasteiger partial charge is 0.398 e. The van der Waals surface area contributed by atoms with Gasteiger partial charge in [0.05, 0.1) is 6.54 Å². The Morgan fingerprint density at radius 2 is 2.08 bits per heavy atom. The van der Waals surface area contributed by atoms with Crippen molar-refractivity contribution in [3.63, 3.8) is 0 Å². The van der Waals surface area contributed by atoms with Crippen molar-refractivity contribution in [1.82, 2.24) is 9.88 Å². The van der Waals surface area contributed by atoms with Crippen molar-refractivity contribution in [2.75, 3.05) is 18.1 Å². The molecular weight excluding hydrogens is 326 g/mol. The van der Waals surface area contributed by atoms with Gasteiger partial charge in [-0.2, -0.15) is 0 Å². The van der Waals surface area contributed by atoms with Crippen LogP contribution in [0.25, 0.3) is 0 Å². The molecule has 1 aromatic heterocycles. The highest BCUT2D eigenvalue weighted by atomic mass is 16.1. The lowest BCUT2D eigenvalue weighted by molar-refractivity contribution is 0.650. The van der Waals surface area contributed by atoms with Crippen LogP contribution < -0.4 is 21.9 Å². The molecule has 1 fully saturated rings. The fourth-order valence-electron chi connectivity index (χ4n) is 2.94. The number of rotatable bonds is 7. The van der Waals surface area contributed by atoms with E-state index in [1.54, 1.807) is 11.6 Å². The van der Waals surface area contributed by atoms with Crippen LogP contribution in [0.3, 0.4) is 0 Å². The molecule has 6 nitrogen and oxygen atoms in total. The highest BCUT2D eigenvalue weighted by Gasteiger charge is 2.19. The zero-order valence-electron chi connectivity index (χ0n) is 15.2. The molecule has 0 spiro atoms. The van der Waals surface area contributed by atoms with E-state index in [1.807, 2.05) is 37.3 Å². The molecule has 1 aliphatic rings.